The van der Waals surface area contributed by atoms with Crippen molar-refractivity contribution in [2.45, 2.75) is 12.3 Å². The molecule has 5 nitrogen and oxygen atoms in total. The molecule has 3 rings (SSSR count). The predicted molar refractivity (Wildman–Crippen MR) is 93.2 cm³/mol. The van der Waals surface area contributed by atoms with Crippen molar-refractivity contribution in [3.63, 3.8) is 0 Å². The van der Waals surface area contributed by atoms with Crippen molar-refractivity contribution in [1.82, 2.24) is 0 Å². The first kappa shape index (κ1) is 16.3. The van der Waals surface area contributed by atoms with E-state index in [0.717, 1.165) is 11.1 Å². The van der Waals surface area contributed by atoms with Crippen LogP contribution < -0.4 is 4.31 Å². The first-order chi connectivity index (χ1) is 11.5. The maximum absolute atomic E-state index is 12.7. The number of para-hydroxylation sites is 1. The van der Waals surface area contributed by atoms with Crippen LogP contribution in [0.4, 0.5) is 5.69 Å². The van der Waals surface area contributed by atoms with Crippen LogP contribution in [0.2, 0.25) is 0 Å². The number of rotatable bonds is 5. The van der Waals surface area contributed by atoms with E-state index in [-0.39, 0.29) is 18.9 Å². The van der Waals surface area contributed by atoms with E-state index < -0.39 is 16.0 Å². The number of carboxylic acids is 1. The van der Waals surface area contributed by atoms with Gasteiger partial charge in [-0.05, 0) is 23.3 Å². The topological polar surface area (TPSA) is 74.7 Å². The summed E-state index contributed by atoms with van der Waals surface area (Å²) in [4.78, 5) is 11.1. The highest BCUT2D eigenvalue weighted by molar-refractivity contribution is 7.95. The third-order valence-electron chi connectivity index (χ3n) is 3.99. The maximum atomic E-state index is 12.7. The van der Waals surface area contributed by atoms with Crippen LogP contribution in [0.3, 0.4) is 0 Å². The molecule has 1 N–H and O–H groups in total. The predicted octanol–water partition coefficient (Wildman–Crippen LogP) is 3.07. The molecule has 2 aromatic rings. The minimum absolute atomic E-state index is 0.0918. The molecule has 0 spiro atoms. The summed E-state index contributed by atoms with van der Waals surface area (Å²) in [6.45, 7) is 0.146. The van der Waals surface area contributed by atoms with Gasteiger partial charge < -0.3 is 5.11 Å². The number of carboxylic acid groups (broad SMARTS) is 1. The van der Waals surface area contributed by atoms with Gasteiger partial charge in [0.05, 0.1) is 17.5 Å². The molecular weight excluding hydrogens is 326 g/mol. The molecule has 1 aliphatic heterocycles. The summed E-state index contributed by atoms with van der Waals surface area (Å²) in [5, 5.41) is 10.2. The number of benzene rings is 2. The van der Waals surface area contributed by atoms with Gasteiger partial charge in [0.15, 0.2) is 0 Å². The molecule has 0 aromatic heterocycles. The maximum Gasteiger partial charge on any atom is 0.304 e. The van der Waals surface area contributed by atoms with Crippen LogP contribution in [0.15, 0.2) is 60.0 Å². The Morgan fingerprint density at radius 3 is 2.50 bits per heavy atom. The van der Waals surface area contributed by atoms with E-state index in [2.05, 4.69) is 0 Å². The van der Waals surface area contributed by atoms with E-state index in [1.165, 1.54) is 9.71 Å². The van der Waals surface area contributed by atoms with Crippen molar-refractivity contribution in [3.8, 4) is 0 Å². The Kier molecular flexibility index (Phi) is 4.40. The molecule has 0 saturated carbocycles. The summed E-state index contributed by atoms with van der Waals surface area (Å²) >= 11 is 0. The van der Waals surface area contributed by atoms with Gasteiger partial charge in [-0.25, -0.2) is 8.42 Å². The molecule has 24 heavy (non-hydrogen) atoms. The van der Waals surface area contributed by atoms with Gasteiger partial charge in [-0.3, -0.25) is 9.10 Å². The fraction of sp³-hybridized carbons (Fsp3) is 0.167. The van der Waals surface area contributed by atoms with Crippen molar-refractivity contribution in [3.05, 3.63) is 71.1 Å². The van der Waals surface area contributed by atoms with E-state index >= 15 is 0 Å². The van der Waals surface area contributed by atoms with Crippen LogP contribution in [-0.4, -0.2) is 26.0 Å². The van der Waals surface area contributed by atoms with Gasteiger partial charge in [0.25, 0.3) is 10.0 Å². The number of carbonyl (C=O) groups is 1. The van der Waals surface area contributed by atoms with E-state index in [9.17, 15) is 13.2 Å². The minimum atomic E-state index is -3.68. The molecule has 0 bridgehead atoms. The van der Waals surface area contributed by atoms with Crippen LogP contribution in [0.5, 0.6) is 0 Å². The van der Waals surface area contributed by atoms with Crippen molar-refractivity contribution in [2.24, 2.45) is 0 Å². The quantitative estimate of drug-likeness (QED) is 0.905. The van der Waals surface area contributed by atoms with Crippen molar-refractivity contribution < 1.29 is 18.3 Å². The summed E-state index contributed by atoms with van der Waals surface area (Å²) in [5.74, 6) is -1.27. The largest absolute Gasteiger partial charge is 0.481 e. The highest BCUT2D eigenvalue weighted by Gasteiger charge is 2.35. The summed E-state index contributed by atoms with van der Waals surface area (Å²) in [6, 6.07) is 16.2. The molecule has 0 fully saturated rings. The first-order valence-electron chi connectivity index (χ1n) is 7.54. The highest BCUT2D eigenvalue weighted by Crippen LogP contribution is 2.39. The van der Waals surface area contributed by atoms with Gasteiger partial charge >= 0.3 is 5.97 Å². The van der Waals surface area contributed by atoms with Crippen molar-refractivity contribution in [2.75, 3.05) is 10.8 Å². The summed E-state index contributed by atoms with van der Waals surface area (Å²) in [6.07, 6.45) is 1.45. The molecule has 6 heteroatoms. The lowest BCUT2D eigenvalue weighted by Gasteiger charge is -2.17. The lowest BCUT2D eigenvalue weighted by atomic mass is 9.98. The molecule has 1 heterocycles. The standard InChI is InChI=1S/C18H17NO4S/c20-18(21)12-15-13-19(17-9-5-4-8-16(15)17)24(22,23)11-10-14-6-2-1-3-7-14/h1-11,15H,12-13H2,(H,20,21)/b11-10-/t15-/m1/s1. The molecule has 2 aromatic carbocycles. The van der Waals surface area contributed by atoms with Crippen LogP contribution in [-0.2, 0) is 14.8 Å². The molecule has 0 radical (unpaired) electrons. The fourth-order valence-corrected chi connectivity index (χ4v) is 4.19. The number of fused-ring (bicyclic) bond motifs is 1. The van der Waals surface area contributed by atoms with Crippen molar-refractivity contribution in [1.29, 1.82) is 0 Å². The highest BCUT2D eigenvalue weighted by atomic mass is 32.2. The molecule has 0 amide bonds. The average Bonchev–Trinajstić information content (AvgIpc) is 2.93. The molecule has 0 aliphatic carbocycles. The molecular formula is C18H17NO4S. The SMILES string of the molecule is O=C(O)C[C@@H]1CN(S(=O)(=O)/C=C\c2ccccc2)c2ccccc21. The van der Waals surface area contributed by atoms with Gasteiger partial charge in [-0.2, -0.15) is 0 Å². The number of sulfonamides is 1. The number of hydrogen-bond acceptors (Lipinski definition) is 3. The molecule has 1 aliphatic rings. The summed E-state index contributed by atoms with van der Waals surface area (Å²) in [7, 11) is -3.68. The molecule has 1 atom stereocenters. The van der Waals surface area contributed by atoms with Gasteiger partial charge in [-0.1, -0.05) is 48.5 Å². The summed E-state index contributed by atoms with van der Waals surface area (Å²) < 4.78 is 26.7. The second-order valence-corrected chi connectivity index (χ2v) is 7.39. The summed E-state index contributed by atoms with van der Waals surface area (Å²) in [5.41, 5.74) is 2.11. The van der Waals surface area contributed by atoms with E-state index in [1.54, 1.807) is 30.3 Å². The van der Waals surface area contributed by atoms with E-state index in [4.69, 9.17) is 5.11 Å². The second-order valence-electron chi connectivity index (χ2n) is 5.64. The zero-order chi connectivity index (χ0) is 17.2. The smallest absolute Gasteiger partial charge is 0.304 e. The lowest BCUT2D eigenvalue weighted by Crippen LogP contribution is -2.28. The minimum Gasteiger partial charge on any atom is -0.481 e. The van der Waals surface area contributed by atoms with Gasteiger partial charge in [-0.15, -0.1) is 0 Å². The van der Waals surface area contributed by atoms with Crippen molar-refractivity contribution >= 4 is 27.8 Å². The zero-order valence-corrected chi connectivity index (χ0v) is 13.7. The Bertz CT molecular complexity index is 875. The lowest BCUT2D eigenvalue weighted by molar-refractivity contribution is -0.137. The molecule has 0 saturated heterocycles. The van der Waals surface area contributed by atoms with Gasteiger partial charge in [0.1, 0.15) is 0 Å². The third kappa shape index (κ3) is 3.33. The van der Waals surface area contributed by atoms with E-state index in [1.807, 2.05) is 30.3 Å². The van der Waals surface area contributed by atoms with Crippen LogP contribution in [0.25, 0.3) is 6.08 Å². The Morgan fingerprint density at radius 1 is 1.12 bits per heavy atom. The average molecular weight is 343 g/mol. The monoisotopic (exact) mass is 343 g/mol. The third-order valence-corrected chi connectivity index (χ3v) is 5.43. The van der Waals surface area contributed by atoms with Crippen LogP contribution in [0, 0.1) is 0 Å². The van der Waals surface area contributed by atoms with Gasteiger partial charge in [0.2, 0.25) is 0 Å². The Balaban J connectivity index is 1.91. The van der Waals surface area contributed by atoms with Crippen LogP contribution >= 0.6 is 0 Å². The van der Waals surface area contributed by atoms with Crippen LogP contribution in [0.1, 0.15) is 23.5 Å². The number of aliphatic carboxylic acids is 1. The Hall–Kier alpha value is -2.60. The number of anilines is 1. The Morgan fingerprint density at radius 2 is 1.79 bits per heavy atom. The second kappa shape index (κ2) is 6.49. The van der Waals surface area contributed by atoms with Gasteiger partial charge in [0, 0.05) is 12.5 Å². The first-order valence-corrected chi connectivity index (χ1v) is 9.04. The zero-order valence-electron chi connectivity index (χ0n) is 12.9. The van der Waals surface area contributed by atoms with E-state index in [0.29, 0.717) is 5.69 Å². The fourth-order valence-electron chi connectivity index (χ4n) is 2.89. The number of hydrogen-bond donors (Lipinski definition) is 1. The molecule has 0 unspecified atom stereocenters. The normalized spacial score (nSPS) is 17.2. The number of nitrogens with zero attached hydrogens (tertiary/aromatic N) is 1. The Labute approximate surface area is 140 Å². The molecule has 124 valence electrons.